The molecule has 0 aliphatic carbocycles. The van der Waals surface area contributed by atoms with Gasteiger partial charge in [0, 0.05) is 0 Å². The monoisotopic (exact) mass is 266 g/mol. The molecule has 96 valence electrons. The van der Waals surface area contributed by atoms with Crippen LogP contribution in [0.3, 0.4) is 0 Å². The molecule has 17 heavy (non-hydrogen) atoms. The Balaban J connectivity index is 3.09. The van der Waals surface area contributed by atoms with Crippen molar-refractivity contribution in [1.29, 1.82) is 0 Å². The number of rotatable bonds is 3. The molecule has 0 saturated heterocycles. The lowest BCUT2D eigenvalue weighted by Crippen LogP contribution is -2.33. The SMILES string of the molecule is CN(C)C(c1ccc(S(N)=O)cc1)C(F)(F)F. The van der Waals surface area contributed by atoms with Gasteiger partial charge >= 0.3 is 6.18 Å². The standard InChI is InChI=1S/C10H13F3N2OS/c1-15(2)9(10(11,12)13)7-3-5-8(6-4-7)17(14)16/h3-6,9H,14H2,1-2H3. The molecule has 3 nitrogen and oxygen atoms in total. The first-order chi connectivity index (χ1) is 7.73. The maximum absolute atomic E-state index is 12.8. The number of alkyl halides is 3. The number of hydrogen-bond acceptors (Lipinski definition) is 2. The van der Waals surface area contributed by atoms with E-state index in [-0.39, 0.29) is 5.56 Å². The summed E-state index contributed by atoms with van der Waals surface area (Å²) >= 11 is 0. The van der Waals surface area contributed by atoms with E-state index in [0.29, 0.717) is 4.90 Å². The summed E-state index contributed by atoms with van der Waals surface area (Å²) in [6, 6.07) is 3.58. The first kappa shape index (κ1) is 14.1. The topological polar surface area (TPSA) is 46.3 Å². The van der Waals surface area contributed by atoms with Crippen LogP contribution in [0.5, 0.6) is 0 Å². The molecule has 0 fully saturated rings. The lowest BCUT2D eigenvalue weighted by Gasteiger charge is -2.27. The molecule has 0 bridgehead atoms. The molecule has 0 amide bonds. The molecule has 1 rings (SSSR count). The second kappa shape index (κ2) is 5.16. The van der Waals surface area contributed by atoms with Crippen LogP contribution >= 0.6 is 0 Å². The van der Waals surface area contributed by atoms with Gasteiger partial charge in [-0.2, -0.15) is 13.2 Å². The summed E-state index contributed by atoms with van der Waals surface area (Å²) in [6.07, 6.45) is -4.35. The Morgan fingerprint density at radius 2 is 1.71 bits per heavy atom. The first-order valence-corrected chi connectivity index (χ1v) is 5.94. The Labute approximate surface area is 100.0 Å². The Bertz CT molecular complexity index is 403. The van der Waals surface area contributed by atoms with Crippen LogP contribution < -0.4 is 5.14 Å². The summed E-state index contributed by atoms with van der Waals surface area (Å²) in [5.74, 6) is 0. The van der Waals surface area contributed by atoms with Crippen molar-refractivity contribution in [3.63, 3.8) is 0 Å². The van der Waals surface area contributed by atoms with Crippen LogP contribution in [0.2, 0.25) is 0 Å². The zero-order chi connectivity index (χ0) is 13.2. The second-order valence-corrected chi connectivity index (χ2v) is 4.84. The van der Waals surface area contributed by atoms with E-state index in [1.54, 1.807) is 0 Å². The minimum absolute atomic E-state index is 0.0942. The summed E-state index contributed by atoms with van der Waals surface area (Å²) in [5.41, 5.74) is 0.0942. The van der Waals surface area contributed by atoms with Gasteiger partial charge in [0.05, 0.1) is 4.90 Å². The van der Waals surface area contributed by atoms with Crippen LogP contribution in [0, 0.1) is 0 Å². The van der Waals surface area contributed by atoms with E-state index in [9.17, 15) is 17.4 Å². The van der Waals surface area contributed by atoms with Crippen LogP contribution in [-0.4, -0.2) is 29.4 Å². The van der Waals surface area contributed by atoms with Crippen LogP contribution in [0.1, 0.15) is 11.6 Å². The molecule has 0 aliphatic rings. The van der Waals surface area contributed by atoms with Gasteiger partial charge < -0.3 is 0 Å². The first-order valence-electron chi connectivity index (χ1n) is 4.72. The molecule has 2 N–H and O–H groups in total. The van der Waals surface area contributed by atoms with Gasteiger partial charge in [0.2, 0.25) is 0 Å². The fourth-order valence-corrected chi connectivity index (χ4v) is 1.97. The Morgan fingerprint density at radius 1 is 1.24 bits per heavy atom. The van der Waals surface area contributed by atoms with Crippen molar-refractivity contribution >= 4 is 11.0 Å². The molecule has 0 radical (unpaired) electrons. The maximum atomic E-state index is 12.8. The Kier molecular flexibility index (Phi) is 4.29. The molecule has 0 saturated carbocycles. The number of halogens is 3. The van der Waals surface area contributed by atoms with Gasteiger partial charge in [0.15, 0.2) is 0 Å². The third-order valence-electron chi connectivity index (χ3n) is 2.25. The van der Waals surface area contributed by atoms with E-state index in [0.717, 1.165) is 4.90 Å². The van der Waals surface area contributed by atoms with Gasteiger partial charge in [-0.1, -0.05) is 12.1 Å². The average molecular weight is 266 g/mol. The summed E-state index contributed by atoms with van der Waals surface area (Å²) < 4.78 is 49.3. The van der Waals surface area contributed by atoms with E-state index in [1.165, 1.54) is 38.4 Å². The summed E-state index contributed by atoms with van der Waals surface area (Å²) in [6.45, 7) is 0. The Hall–Kier alpha value is -0.920. The molecular weight excluding hydrogens is 253 g/mol. The van der Waals surface area contributed by atoms with Crippen molar-refractivity contribution in [2.24, 2.45) is 5.14 Å². The van der Waals surface area contributed by atoms with Crippen LogP contribution in [0.25, 0.3) is 0 Å². The molecule has 7 heteroatoms. The quantitative estimate of drug-likeness (QED) is 0.907. The molecule has 2 unspecified atom stereocenters. The van der Waals surface area contributed by atoms with E-state index in [4.69, 9.17) is 5.14 Å². The number of benzene rings is 1. The highest BCUT2D eigenvalue weighted by molar-refractivity contribution is 7.82. The van der Waals surface area contributed by atoms with Gasteiger partial charge in [-0.25, -0.2) is 9.35 Å². The normalized spacial score (nSPS) is 15.9. The third kappa shape index (κ3) is 3.52. The van der Waals surface area contributed by atoms with Gasteiger partial charge in [0.1, 0.15) is 17.0 Å². The van der Waals surface area contributed by atoms with Gasteiger partial charge in [-0.3, -0.25) is 4.90 Å². The number of nitrogens with two attached hydrogens (primary N) is 1. The zero-order valence-electron chi connectivity index (χ0n) is 9.36. The number of hydrogen-bond donors (Lipinski definition) is 1. The summed E-state index contributed by atoms with van der Waals surface area (Å²) in [5, 5.41) is 5.13. The van der Waals surface area contributed by atoms with E-state index < -0.39 is 23.2 Å². The smallest absolute Gasteiger partial charge is 0.295 e. The fraction of sp³-hybridized carbons (Fsp3) is 0.400. The van der Waals surface area contributed by atoms with E-state index >= 15 is 0 Å². The highest BCUT2D eigenvalue weighted by Crippen LogP contribution is 2.36. The predicted molar refractivity (Wildman–Crippen MR) is 59.5 cm³/mol. The van der Waals surface area contributed by atoms with Crippen LogP contribution in [0.4, 0.5) is 13.2 Å². The molecule has 1 aromatic carbocycles. The van der Waals surface area contributed by atoms with Crippen LogP contribution in [-0.2, 0) is 11.0 Å². The van der Waals surface area contributed by atoms with E-state index in [1.807, 2.05) is 0 Å². The van der Waals surface area contributed by atoms with Crippen molar-refractivity contribution < 1.29 is 17.4 Å². The summed E-state index contributed by atoms with van der Waals surface area (Å²) in [4.78, 5) is 1.38. The molecule has 0 aromatic heterocycles. The lowest BCUT2D eigenvalue weighted by molar-refractivity contribution is -0.179. The van der Waals surface area contributed by atoms with Crippen molar-refractivity contribution in [1.82, 2.24) is 4.90 Å². The molecule has 0 heterocycles. The third-order valence-corrected chi connectivity index (χ3v) is 2.99. The summed E-state index contributed by atoms with van der Waals surface area (Å²) in [7, 11) is 1.03. The zero-order valence-corrected chi connectivity index (χ0v) is 10.2. The fourth-order valence-electron chi connectivity index (χ4n) is 1.56. The van der Waals surface area contributed by atoms with Gasteiger partial charge in [-0.15, -0.1) is 0 Å². The molecular formula is C10H13F3N2OS. The molecule has 2 atom stereocenters. The van der Waals surface area contributed by atoms with Crippen LogP contribution in [0.15, 0.2) is 29.2 Å². The van der Waals surface area contributed by atoms with Crippen molar-refractivity contribution in [2.75, 3.05) is 14.1 Å². The average Bonchev–Trinajstić information content (AvgIpc) is 2.15. The second-order valence-electron chi connectivity index (χ2n) is 3.77. The predicted octanol–water partition coefficient (Wildman–Crippen LogP) is 1.83. The van der Waals surface area contributed by atoms with E-state index in [2.05, 4.69) is 0 Å². The lowest BCUT2D eigenvalue weighted by atomic mass is 10.1. The highest BCUT2D eigenvalue weighted by atomic mass is 32.2. The Morgan fingerprint density at radius 3 is 2.00 bits per heavy atom. The van der Waals surface area contributed by atoms with Gasteiger partial charge in [-0.05, 0) is 31.8 Å². The van der Waals surface area contributed by atoms with Gasteiger partial charge in [0.25, 0.3) is 0 Å². The van der Waals surface area contributed by atoms with Crippen molar-refractivity contribution in [2.45, 2.75) is 17.1 Å². The molecule has 1 aromatic rings. The minimum atomic E-state index is -4.35. The molecule has 0 spiro atoms. The highest BCUT2D eigenvalue weighted by Gasteiger charge is 2.42. The van der Waals surface area contributed by atoms with Crippen molar-refractivity contribution in [3.8, 4) is 0 Å². The number of nitrogens with zero attached hydrogens (tertiary/aromatic N) is 1. The van der Waals surface area contributed by atoms with Crippen molar-refractivity contribution in [3.05, 3.63) is 29.8 Å². The minimum Gasteiger partial charge on any atom is -0.295 e. The largest absolute Gasteiger partial charge is 0.408 e. The molecule has 0 aliphatic heterocycles. The maximum Gasteiger partial charge on any atom is 0.408 e.